The maximum Gasteiger partial charge on any atom is 0.228 e. The van der Waals surface area contributed by atoms with Crippen LogP contribution in [0.5, 0.6) is 0 Å². The molecule has 0 saturated carbocycles. The fraction of sp³-hybridized carbons (Fsp3) is 0.231. The number of fused-ring (bicyclic) bond motifs is 1. The number of ether oxygens (including phenoxy) is 1. The normalized spacial score (nSPS) is 13.6. The summed E-state index contributed by atoms with van der Waals surface area (Å²) in [7, 11) is 0. The molecule has 0 aliphatic carbocycles. The van der Waals surface area contributed by atoms with Gasteiger partial charge in [0.25, 0.3) is 0 Å². The maximum atomic E-state index is 12.7. The van der Waals surface area contributed by atoms with Crippen molar-refractivity contribution in [2.24, 2.45) is 0 Å². The minimum Gasteiger partial charge on any atom is -0.378 e. The van der Waals surface area contributed by atoms with Crippen LogP contribution in [0.4, 0.5) is 23.1 Å². The van der Waals surface area contributed by atoms with Gasteiger partial charge in [-0.15, -0.1) is 0 Å². The number of amides is 1. The van der Waals surface area contributed by atoms with Crippen LogP contribution in [0.3, 0.4) is 0 Å². The molecule has 4 aromatic rings. The van der Waals surface area contributed by atoms with Crippen molar-refractivity contribution in [3.63, 3.8) is 0 Å². The highest BCUT2D eigenvalue weighted by Gasteiger charge is 2.15. The van der Waals surface area contributed by atoms with Crippen molar-refractivity contribution >= 4 is 51.6 Å². The van der Waals surface area contributed by atoms with Gasteiger partial charge in [-0.25, -0.2) is 9.97 Å². The predicted molar refractivity (Wildman–Crippen MR) is 139 cm³/mol. The van der Waals surface area contributed by atoms with E-state index < -0.39 is 0 Å². The highest BCUT2D eigenvalue weighted by atomic mass is 35.5. The molecule has 5 rings (SSSR count). The number of pyridine rings is 1. The lowest BCUT2D eigenvalue weighted by atomic mass is 10.1. The SMILES string of the molecule is Cc1cc(Nc2ccc(NC(=O)Cc3cc(Cl)nc4ccccc34)cc2)nc(N2CCOCC2)n1. The van der Waals surface area contributed by atoms with Gasteiger partial charge < -0.3 is 20.3 Å². The number of carbonyl (C=O) groups is 1. The van der Waals surface area contributed by atoms with Crippen molar-refractivity contribution in [2.45, 2.75) is 13.3 Å². The van der Waals surface area contributed by atoms with E-state index in [0.29, 0.717) is 30.0 Å². The molecule has 3 heterocycles. The zero-order valence-electron chi connectivity index (χ0n) is 19.3. The van der Waals surface area contributed by atoms with Crippen LogP contribution in [-0.4, -0.2) is 47.2 Å². The number of aryl methyl sites for hydroxylation is 1. The van der Waals surface area contributed by atoms with Crippen LogP contribution in [0.25, 0.3) is 10.9 Å². The average molecular weight is 489 g/mol. The quantitative estimate of drug-likeness (QED) is 0.378. The second kappa shape index (κ2) is 10.2. The van der Waals surface area contributed by atoms with Gasteiger partial charge in [0.2, 0.25) is 11.9 Å². The Morgan fingerprint density at radius 2 is 1.74 bits per heavy atom. The van der Waals surface area contributed by atoms with Crippen molar-refractivity contribution in [2.75, 3.05) is 41.8 Å². The van der Waals surface area contributed by atoms with Gasteiger partial charge in [0.1, 0.15) is 11.0 Å². The summed E-state index contributed by atoms with van der Waals surface area (Å²) >= 11 is 6.15. The molecule has 2 aromatic carbocycles. The fourth-order valence-corrected chi connectivity index (χ4v) is 4.27. The lowest BCUT2D eigenvalue weighted by Gasteiger charge is -2.27. The Kier molecular flexibility index (Phi) is 6.74. The van der Waals surface area contributed by atoms with Crippen molar-refractivity contribution in [3.05, 3.63) is 77.1 Å². The first-order chi connectivity index (χ1) is 17.0. The summed E-state index contributed by atoms with van der Waals surface area (Å²) in [6, 6.07) is 18.8. The minimum absolute atomic E-state index is 0.125. The number of rotatable bonds is 6. The van der Waals surface area contributed by atoms with Crippen LogP contribution < -0.4 is 15.5 Å². The van der Waals surface area contributed by atoms with E-state index in [2.05, 4.69) is 30.5 Å². The summed E-state index contributed by atoms with van der Waals surface area (Å²) < 4.78 is 5.42. The van der Waals surface area contributed by atoms with Gasteiger partial charge in [0.05, 0.1) is 25.2 Å². The molecule has 1 aliphatic heterocycles. The van der Waals surface area contributed by atoms with Gasteiger partial charge in [0, 0.05) is 41.6 Å². The van der Waals surface area contributed by atoms with Gasteiger partial charge in [0.15, 0.2) is 0 Å². The maximum absolute atomic E-state index is 12.7. The van der Waals surface area contributed by atoms with E-state index in [-0.39, 0.29) is 12.3 Å². The zero-order chi connectivity index (χ0) is 24.2. The monoisotopic (exact) mass is 488 g/mol. The van der Waals surface area contributed by atoms with Crippen LogP contribution in [-0.2, 0) is 16.0 Å². The molecule has 1 amide bonds. The third-order valence-corrected chi connectivity index (χ3v) is 5.89. The molecule has 178 valence electrons. The van der Waals surface area contributed by atoms with Crippen molar-refractivity contribution in [1.29, 1.82) is 0 Å². The predicted octanol–water partition coefficient (Wildman–Crippen LogP) is 4.75. The van der Waals surface area contributed by atoms with E-state index in [4.69, 9.17) is 16.3 Å². The average Bonchev–Trinajstić information content (AvgIpc) is 2.85. The highest BCUT2D eigenvalue weighted by molar-refractivity contribution is 6.30. The number of morpholine rings is 1. The van der Waals surface area contributed by atoms with Crippen LogP contribution in [0.2, 0.25) is 5.15 Å². The molecule has 0 unspecified atom stereocenters. The van der Waals surface area contributed by atoms with Gasteiger partial charge in [-0.3, -0.25) is 4.79 Å². The molecule has 8 nitrogen and oxygen atoms in total. The molecule has 0 spiro atoms. The van der Waals surface area contributed by atoms with Crippen LogP contribution in [0.1, 0.15) is 11.3 Å². The van der Waals surface area contributed by atoms with E-state index in [1.54, 1.807) is 6.07 Å². The third-order valence-electron chi connectivity index (χ3n) is 5.70. The Morgan fingerprint density at radius 1 is 1.00 bits per heavy atom. The topological polar surface area (TPSA) is 92.3 Å². The Labute approximate surface area is 208 Å². The number of nitrogens with one attached hydrogen (secondary N) is 2. The van der Waals surface area contributed by atoms with Crippen molar-refractivity contribution < 1.29 is 9.53 Å². The number of hydrogen-bond acceptors (Lipinski definition) is 7. The Balaban J connectivity index is 1.24. The molecule has 9 heteroatoms. The van der Waals surface area contributed by atoms with Crippen molar-refractivity contribution in [1.82, 2.24) is 15.0 Å². The van der Waals surface area contributed by atoms with E-state index >= 15 is 0 Å². The smallest absolute Gasteiger partial charge is 0.228 e. The van der Waals surface area contributed by atoms with Gasteiger partial charge >= 0.3 is 0 Å². The fourth-order valence-electron chi connectivity index (χ4n) is 4.04. The second-order valence-corrected chi connectivity index (χ2v) is 8.73. The first kappa shape index (κ1) is 23.0. The number of para-hydroxylation sites is 1. The first-order valence-electron chi connectivity index (χ1n) is 11.4. The largest absolute Gasteiger partial charge is 0.378 e. The van der Waals surface area contributed by atoms with E-state index in [1.165, 1.54) is 0 Å². The molecule has 0 radical (unpaired) electrons. The summed E-state index contributed by atoms with van der Waals surface area (Å²) in [6.07, 6.45) is 0.202. The third kappa shape index (κ3) is 5.67. The Bertz CT molecular complexity index is 1360. The lowest BCUT2D eigenvalue weighted by Crippen LogP contribution is -2.37. The zero-order valence-corrected chi connectivity index (χ0v) is 20.0. The van der Waals surface area contributed by atoms with Gasteiger partial charge in [-0.05, 0) is 48.9 Å². The number of nitrogens with zero attached hydrogens (tertiary/aromatic N) is 4. The molecule has 2 aromatic heterocycles. The van der Waals surface area contributed by atoms with E-state index in [1.807, 2.05) is 61.5 Å². The van der Waals surface area contributed by atoms with Crippen LogP contribution >= 0.6 is 11.6 Å². The molecule has 0 atom stereocenters. The summed E-state index contributed by atoms with van der Waals surface area (Å²) in [4.78, 5) is 28.4. The Morgan fingerprint density at radius 3 is 2.54 bits per heavy atom. The van der Waals surface area contributed by atoms with Gasteiger partial charge in [-0.1, -0.05) is 29.8 Å². The molecular weight excluding hydrogens is 464 g/mol. The highest BCUT2D eigenvalue weighted by Crippen LogP contribution is 2.23. The standard InChI is InChI=1S/C26H25ClN6O2/c1-17-14-24(32-26(28-17)33-10-12-35-13-11-33)29-19-6-8-20(9-7-19)30-25(34)16-18-15-23(27)31-22-5-3-2-4-21(18)22/h2-9,14-15H,10-13,16H2,1H3,(H,30,34)(H,28,29,32). The lowest BCUT2D eigenvalue weighted by molar-refractivity contribution is -0.115. The number of halogens is 1. The molecule has 1 saturated heterocycles. The number of carbonyl (C=O) groups excluding carboxylic acids is 1. The number of benzene rings is 2. The molecular formula is C26H25ClN6O2. The van der Waals surface area contributed by atoms with Crippen LogP contribution in [0.15, 0.2) is 60.7 Å². The molecule has 1 aliphatic rings. The molecule has 2 N–H and O–H groups in total. The van der Waals surface area contributed by atoms with Gasteiger partial charge in [-0.2, -0.15) is 4.98 Å². The number of hydrogen-bond donors (Lipinski definition) is 2. The molecule has 1 fully saturated rings. The second-order valence-electron chi connectivity index (χ2n) is 8.34. The van der Waals surface area contributed by atoms with Crippen LogP contribution in [0, 0.1) is 6.92 Å². The summed E-state index contributed by atoms with van der Waals surface area (Å²) in [6.45, 7) is 4.86. The first-order valence-corrected chi connectivity index (χ1v) is 11.8. The van der Waals surface area contributed by atoms with E-state index in [0.717, 1.165) is 46.8 Å². The van der Waals surface area contributed by atoms with Crippen molar-refractivity contribution in [3.8, 4) is 0 Å². The van der Waals surface area contributed by atoms with E-state index in [9.17, 15) is 4.79 Å². The molecule has 35 heavy (non-hydrogen) atoms. The number of anilines is 4. The molecule has 0 bridgehead atoms. The summed E-state index contributed by atoms with van der Waals surface area (Å²) in [5, 5.41) is 7.57. The minimum atomic E-state index is -0.125. The Hall–Kier alpha value is -3.75. The summed E-state index contributed by atoms with van der Waals surface area (Å²) in [5.41, 5.74) is 4.07. The summed E-state index contributed by atoms with van der Waals surface area (Å²) in [5.74, 6) is 1.29. The number of aromatic nitrogens is 3.